The number of hydrogen-bond donors (Lipinski definition) is 0. The molecule has 0 bridgehead atoms. The van der Waals surface area contributed by atoms with Gasteiger partial charge in [-0.3, -0.25) is 0 Å². The smallest absolute Gasteiger partial charge is 0.134 e. The van der Waals surface area contributed by atoms with Crippen LogP contribution in [0, 0.1) is 11.3 Å². The highest BCUT2D eigenvalue weighted by atomic mass is 35.5. The molecule has 124 valence electrons. The van der Waals surface area contributed by atoms with E-state index in [0.717, 1.165) is 16.8 Å². The Kier molecular flexibility index (Phi) is 4.53. The lowest BCUT2D eigenvalue weighted by Gasteiger charge is -2.01. The number of aromatic nitrogens is 1. The van der Waals surface area contributed by atoms with E-state index in [9.17, 15) is 5.26 Å². The Balaban J connectivity index is 1.69. The summed E-state index contributed by atoms with van der Waals surface area (Å²) in [5, 5.41) is 15.3. The van der Waals surface area contributed by atoms with Gasteiger partial charge in [-0.2, -0.15) is 5.26 Å². The van der Waals surface area contributed by atoms with Crippen LogP contribution in [0.5, 0.6) is 0 Å². The van der Waals surface area contributed by atoms with Crippen LogP contribution >= 0.6 is 22.9 Å². The Morgan fingerprint density at radius 1 is 1.00 bits per heavy atom. The van der Waals surface area contributed by atoms with Crippen LogP contribution in [0.4, 0.5) is 0 Å². The summed E-state index contributed by atoms with van der Waals surface area (Å²) in [7, 11) is 0. The average molecular weight is 373 g/mol. The third-order valence-corrected chi connectivity index (χ3v) is 5.21. The molecule has 1 aromatic heterocycles. The minimum absolute atomic E-state index is 0.546. The van der Waals surface area contributed by atoms with Gasteiger partial charge in [0.15, 0.2) is 0 Å². The van der Waals surface area contributed by atoms with E-state index < -0.39 is 0 Å². The van der Waals surface area contributed by atoms with Gasteiger partial charge >= 0.3 is 0 Å². The molecule has 2 nitrogen and oxygen atoms in total. The summed E-state index contributed by atoms with van der Waals surface area (Å²) >= 11 is 7.39. The van der Waals surface area contributed by atoms with Crippen molar-refractivity contribution in [2.24, 2.45) is 0 Å². The van der Waals surface area contributed by atoms with Crippen molar-refractivity contribution in [2.45, 2.75) is 0 Å². The Bertz CT molecular complexity index is 1150. The SMILES string of the molecule is N#CC(=Cc1ccc(Cl)cc1)c1nc(-c2ccc3ccccc3c2)cs1. The maximum Gasteiger partial charge on any atom is 0.134 e. The lowest BCUT2D eigenvalue weighted by molar-refractivity contribution is 1.37. The number of fused-ring (bicyclic) bond motifs is 1. The Hall–Kier alpha value is -2.93. The van der Waals surface area contributed by atoms with Gasteiger partial charge in [-0.1, -0.05) is 60.1 Å². The van der Waals surface area contributed by atoms with Gasteiger partial charge in [0.05, 0.1) is 11.3 Å². The zero-order valence-corrected chi connectivity index (χ0v) is 15.3. The van der Waals surface area contributed by atoms with E-state index in [-0.39, 0.29) is 0 Å². The first kappa shape index (κ1) is 16.5. The predicted molar refractivity (Wildman–Crippen MR) is 110 cm³/mol. The zero-order chi connectivity index (χ0) is 17.9. The molecular weight excluding hydrogens is 360 g/mol. The molecular formula is C22H13ClN2S. The predicted octanol–water partition coefficient (Wildman–Crippen LogP) is 6.68. The summed E-state index contributed by atoms with van der Waals surface area (Å²) in [5.74, 6) is 0. The van der Waals surface area contributed by atoms with E-state index in [1.54, 1.807) is 0 Å². The topological polar surface area (TPSA) is 36.7 Å². The maximum atomic E-state index is 9.54. The molecule has 0 unspecified atom stereocenters. The third-order valence-electron chi connectivity index (χ3n) is 4.08. The molecule has 4 aromatic rings. The zero-order valence-electron chi connectivity index (χ0n) is 13.7. The van der Waals surface area contributed by atoms with Crippen LogP contribution in [0.3, 0.4) is 0 Å². The quantitative estimate of drug-likeness (QED) is 0.376. The second kappa shape index (κ2) is 7.13. The molecule has 0 fully saturated rings. The van der Waals surface area contributed by atoms with Gasteiger partial charge in [-0.15, -0.1) is 11.3 Å². The van der Waals surface area contributed by atoms with Crippen LogP contribution in [0.1, 0.15) is 10.6 Å². The van der Waals surface area contributed by atoms with Crippen LogP contribution in [0.2, 0.25) is 5.02 Å². The largest absolute Gasteiger partial charge is 0.235 e. The fourth-order valence-corrected chi connectivity index (χ4v) is 3.67. The van der Waals surface area contributed by atoms with Gasteiger partial charge in [0.2, 0.25) is 0 Å². The van der Waals surface area contributed by atoms with Crippen LogP contribution < -0.4 is 0 Å². The molecule has 0 spiro atoms. The van der Waals surface area contributed by atoms with Crippen LogP contribution in [0.15, 0.2) is 72.1 Å². The highest BCUT2D eigenvalue weighted by molar-refractivity contribution is 7.11. The van der Waals surface area contributed by atoms with E-state index in [1.807, 2.05) is 47.9 Å². The average Bonchev–Trinajstić information content (AvgIpc) is 3.17. The molecule has 0 aliphatic carbocycles. The summed E-state index contributed by atoms with van der Waals surface area (Å²) in [6.45, 7) is 0. The highest BCUT2D eigenvalue weighted by Gasteiger charge is 2.09. The van der Waals surface area contributed by atoms with E-state index in [1.165, 1.54) is 22.1 Å². The number of nitrogens with zero attached hydrogens (tertiary/aromatic N) is 2. The monoisotopic (exact) mass is 372 g/mol. The molecule has 0 N–H and O–H groups in total. The summed E-state index contributed by atoms with van der Waals surface area (Å²) in [6.07, 6.45) is 1.83. The molecule has 0 aliphatic rings. The maximum absolute atomic E-state index is 9.54. The van der Waals surface area contributed by atoms with Crippen molar-refractivity contribution in [3.8, 4) is 17.3 Å². The molecule has 0 aliphatic heterocycles. The van der Waals surface area contributed by atoms with Crippen molar-refractivity contribution in [3.05, 3.63) is 87.7 Å². The normalized spacial score (nSPS) is 11.5. The lowest BCUT2D eigenvalue weighted by atomic mass is 10.1. The molecule has 1 heterocycles. The molecule has 3 aromatic carbocycles. The molecule has 4 heteroatoms. The fourth-order valence-electron chi connectivity index (χ4n) is 2.75. The van der Waals surface area contributed by atoms with Crippen molar-refractivity contribution in [1.82, 2.24) is 4.98 Å². The summed E-state index contributed by atoms with van der Waals surface area (Å²) in [5.41, 5.74) is 3.40. The Morgan fingerprint density at radius 3 is 2.54 bits per heavy atom. The number of halogens is 1. The van der Waals surface area contributed by atoms with Crippen molar-refractivity contribution in [3.63, 3.8) is 0 Å². The van der Waals surface area contributed by atoms with Gasteiger partial charge in [-0.05, 0) is 40.6 Å². The number of rotatable bonds is 3. The van der Waals surface area contributed by atoms with E-state index in [2.05, 4.69) is 41.4 Å². The summed E-state index contributed by atoms with van der Waals surface area (Å²) in [6, 6.07) is 24.2. The van der Waals surface area contributed by atoms with E-state index >= 15 is 0 Å². The minimum Gasteiger partial charge on any atom is -0.235 e. The van der Waals surface area contributed by atoms with Gasteiger partial charge in [0.1, 0.15) is 11.1 Å². The second-order valence-electron chi connectivity index (χ2n) is 5.82. The van der Waals surface area contributed by atoms with Crippen molar-refractivity contribution in [1.29, 1.82) is 5.26 Å². The van der Waals surface area contributed by atoms with Crippen molar-refractivity contribution >= 4 is 45.4 Å². The van der Waals surface area contributed by atoms with E-state index in [0.29, 0.717) is 15.6 Å². The standard InChI is InChI=1S/C22H13ClN2S/c23-20-9-5-15(6-10-20)11-19(13-24)22-25-21(14-26-22)18-8-7-16-3-1-2-4-17(16)12-18/h1-12,14H. The number of allylic oxidation sites excluding steroid dienone is 1. The lowest BCUT2D eigenvalue weighted by Crippen LogP contribution is -1.83. The molecule has 0 radical (unpaired) electrons. The highest BCUT2D eigenvalue weighted by Crippen LogP contribution is 2.29. The first-order chi connectivity index (χ1) is 12.7. The van der Waals surface area contributed by atoms with Gasteiger partial charge in [0.25, 0.3) is 0 Å². The molecule has 4 rings (SSSR count). The van der Waals surface area contributed by atoms with Crippen LogP contribution in [-0.4, -0.2) is 4.98 Å². The number of thiazole rings is 1. The Labute approximate surface area is 160 Å². The number of nitriles is 1. The number of benzene rings is 3. The second-order valence-corrected chi connectivity index (χ2v) is 7.12. The molecule has 0 atom stereocenters. The van der Waals surface area contributed by atoms with Crippen molar-refractivity contribution < 1.29 is 0 Å². The van der Waals surface area contributed by atoms with Gasteiger partial charge < -0.3 is 0 Å². The summed E-state index contributed by atoms with van der Waals surface area (Å²) < 4.78 is 0. The first-order valence-electron chi connectivity index (χ1n) is 8.05. The molecule has 0 saturated carbocycles. The van der Waals surface area contributed by atoms with Gasteiger partial charge in [-0.25, -0.2) is 4.98 Å². The summed E-state index contributed by atoms with van der Waals surface area (Å²) in [4.78, 5) is 4.67. The van der Waals surface area contributed by atoms with E-state index in [4.69, 9.17) is 11.6 Å². The van der Waals surface area contributed by atoms with Crippen molar-refractivity contribution in [2.75, 3.05) is 0 Å². The molecule has 0 saturated heterocycles. The minimum atomic E-state index is 0.546. The fraction of sp³-hybridized carbons (Fsp3) is 0. The first-order valence-corrected chi connectivity index (χ1v) is 9.31. The third kappa shape index (κ3) is 3.39. The van der Waals surface area contributed by atoms with Crippen LogP contribution in [0.25, 0.3) is 33.7 Å². The molecule has 26 heavy (non-hydrogen) atoms. The van der Waals surface area contributed by atoms with Gasteiger partial charge in [0, 0.05) is 16.0 Å². The Morgan fingerprint density at radius 2 is 1.77 bits per heavy atom. The number of hydrogen-bond acceptors (Lipinski definition) is 3. The molecule has 0 amide bonds. The van der Waals surface area contributed by atoms with Crippen LogP contribution in [-0.2, 0) is 0 Å².